The molecule has 6 nitrogen and oxygen atoms in total. The number of benzene rings is 2. The number of amides is 2. The average Bonchev–Trinajstić information content (AvgIpc) is 2.68. The summed E-state index contributed by atoms with van der Waals surface area (Å²) in [5.41, 5.74) is 1.53. The van der Waals surface area contributed by atoms with Crippen molar-refractivity contribution in [2.24, 2.45) is 0 Å². The van der Waals surface area contributed by atoms with Crippen molar-refractivity contribution in [1.29, 1.82) is 0 Å². The Labute approximate surface area is 171 Å². The Kier molecular flexibility index (Phi) is 7.71. The fraction of sp³-hybridized carbons (Fsp3) is 0.350. The Morgan fingerprint density at radius 3 is 2.25 bits per heavy atom. The molecule has 0 radical (unpaired) electrons. The monoisotopic (exact) mass is 424 g/mol. The van der Waals surface area contributed by atoms with E-state index in [0.29, 0.717) is 17.3 Å². The van der Waals surface area contributed by atoms with Crippen LogP contribution >= 0.6 is 11.6 Å². The van der Waals surface area contributed by atoms with E-state index in [9.17, 15) is 13.2 Å². The lowest BCUT2D eigenvalue weighted by Gasteiger charge is -2.29. The smallest absolute Gasteiger partial charge is 0.322 e. The second-order valence-electron chi connectivity index (χ2n) is 6.40. The van der Waals surface area contributed by atoms with Crippen molar-refractivity contribution >= 4 is 33.4 Å². The molecule has 0 saturated heterocycles. The molecule has 152 valence electrons. The van der Waals surface area contributed by atoms with E-state index in [-0.39, 0.29) is 23.6 Å². The van der Waals surface area contributed by atoms with Crippen molar-refractivity contribution in [1.82, 2.24) is 4.90 Å². The minimum atomic E-state index is -3.56. The SMILES string of the molecule is CC[C@@H](C)N(Cc1ccc(OS(=O)(=O)CC)cc1)C(=O)Nc1ccc(Cl)cc1. The summed E-state index contributed by atoms with van der Waals surface area (Å²) < 4.78 is 28.1. The van der Waals surface area contributed by atoms with E-state index in [0.717, 1.165) is 12.0 Å². The number of nitrogens with one attached hydrogen (secondary N) is 1. The van der Waals surface area contributed by atoms with Gasteiger partial charge in [-0.1, -0.05) is 30.7 Å². The molecule has 0 saturated carbocycles. The molecular weight excluding hydrogens is 400 g/mol. The lowest BCUT2D eigenvalue weighted by Crippen LogP contribution is -2.40. The van der Waals surface area contributed by atoms with Crippen LogP contribution in [0.1, 0.15) is 32.8 Å². The number of hydrogen-bond donors (Lipinski definition) is 1. The largest absolute Gasteiger partial charge is 0.382 e. The van der Waals surface area contributed by atoms with Crippen LogP contribution in [0.25, 0.3) is 0 Å². The molecule has 0 unspecified atom stereocenters. The standard InChI is InChI=1S/C20H25ClN2O4S/c1-4-15(3)23(20(24)22-18-10-8-17(21)9-11-18)14-16-6-12-19(13-7-16)27-28(25,26)5-2/h6-13,15H,4-5,14H2,1-3H3,(H,22,24)/t15-/m1/s1. The van der Waals surface area contributed by atoms with Gasteiger partial charge in [0.1, 0.15) is 5.75 Å². The summed E-state index contributed by atoms with van der Waals surface area (Å²) in [7, 11) is -3.56. The number of rotatable bonds is 8. The maximum absolute atomic E-state index is 12.8. The van der Waals surface area contributed by atoms with E-state index in [2.05, 4.69) is 5.32 Å². The first kappa shape index (κ1) is 22.0. The van der Waals surface area contributed by atoms with Gasteiger partial charge in [-0.15, -0.1) is 0 Å². The van der Waals surface area contributed by atoms with Gasteiger partial charge in [0.25, 0.3) is 0 Å². The third-order valence-corrected chi connectivity index (χ3v) is 5.74. The lowest BCUT2D eigenvalue weighted by atomic mass is 10.1. The van der Waals surface area contributed by atoms with E-state index >= 15 is 0 Å². The molecule has 0 aromatic heterocycles. The number of hydrogen-bond acceptors (Lipinski definition) is 4. The highest BCUT2D eigenvalue weighted by Crippen LogP contribution is 2.19. The third kappa shape index (κ3) is 6.42. The van der Waals surface area contributed by atoms with Crippen molar-refractivity contribution in [3.05, 3.63) is 59.1 Å². The third-order valence-electron chi connectivity index (χ3n) is 4.33. The van der Waals surface area contributed by atoms with E-state index in [1.54, 1.807) is 53.4 Å². The van der Waals surface area contributed by atoms with Crippen LogP contribution < -0.4 is 9.50 Å². The van der Waals surface area contributed by atoms with Crippen LogP contribution in [0.2, 0.25) is 5.02 Å². The zero-order chi connectivity index (χ0) is 20.7. The summed E-state index contributed by atoms with van der Waals surface area (Å²) in [6.45, 7) is 5.90. The van der Waals surface area contributed by atoms with Gasteiger partial charge in [-0.3, -0.25) is 0 Å². The minimum absolute atomic E-state index is 0.0173. The fourth-order valence-electron chi connectivity index (χ4n) is 2.43. The Morgan fingerprint density at radius 2 is 1.71 bits per heavy atom. The van der Waals surface area contributed by atoms with Crippen LogP contribution in [0.5, 0.6) is 5.75 Å². The highest BCUT2D eigenvalue weighted by Gasteiger charge is 2.20. The number of carbonyl (C=O) groups excluding carboxylic acids is 1. The Balaban J connectivity index is 2.11. The molecule has 0 spiro atoms. The summed E-state index contributed by atoms with van der Waals surface area (Å²) >= 11 is 5.88. The van der Waals surface area contributed by atoms with Crippen molar-refractivity contribution in [3.63, 3.8) is 0 Å². The fourth-order valence-corrected chi connectivity index (χ4v) is 3.08. The quantitative estimate of drug-likeness (QED) is 0.611. The Morgan fingerprint density at radius 1 is 1.11 bits per heavy atom. The van der Waals surface area contributed by atoms with E-state index in [1.165, 1.54) is 6.92 Å². The first-order valence-corrected chi connectivity index (χ1v) is 11.0. The van der Waals surface area contributed by atoms with Crippen LogP contribution in [0, 0.1) is 0 Å². The summed E-state index contributed by atoms with van der Waals surface area (Å²) in [6.07, 6.45) is 0.796. The van der Waals surface area contributed by atoms with E-state index < -0.39 is 10.1 Å². The zero-order valence-electron chi connectivity index (χ0n) is 16.2. The summed E-state index contributed by atoms with van der Waals surface area (Å²) in [6, 6.07) is 13.4. The number of urea groups is 1. The van der Waals surface area contributed by atoms with Crippen molar-refractivity contribution in [2.45, 2.75) is 39.8 Å². The molecule has 0 fully saturated rings. The maximum atomic E-state index is 12.8. The van der Waals surface area contributed by atoms with Gasteiger partial charge < -0.3 is 14.4 Å². The van der Waals surface area contributed by atoms with Gasteiger partial charge in [-0.2, -0.15) is 8.42 Å². The van der Waals surface area contributed by atoms with Crippen molar-refractivity contribution in [3.8, 4) is 5.75 Å². The van der Waals surface area contributed by atoms with Gasteiger partial charge in [-0.05, 0) is 62.2 Å². The molecule has 0 aliphatic carbocycles. The number of anilines is 1. The normalized spacial score (nSPS) is 12.3. The highest BCUT2D eigenvalue weighted by atomic mass is 35.5. The molecular formula is C20H25ClN2O4S. The molecule has 0 aliphatic rings. The van der Waals surface area contributed by atoms with Crippen molar-refractivity contribution < 1.29 is 17.4 Å². The van der Waals surface area contributed by atoms with Gasteiger partial charge in [0, 0.05) is 23.3 Å². The number of carbonyl (C=O) groups is 1. The molecule has 2 aromatic carbocycles. The predicted molar refractivity (Wildman–Crippen MR) is 112 cm³/mol. The first-order chi connectivity index (χ1) is 13.2. The van der Waals surface area contributed by atoms with Crippen LogP contribution in [0.15, 0.2) is 48.5 Å². The number of nitrogens with zero attached hydrogens (tertiary/aromatic N) is 1. The Bertz CT molecular complexity index is 883. The lowest BCUT2D eigenvalue weighted by molar-refractivity contribution is 0.187. The molecule has 8 heteroatoms. The van der Waals surface area contributed by atoms with E-state index in [1.807, 2.05) is 13.8 Å². The maximum Gasteiger partial charge on any atom is 0.322 e. The predicted octanol–water partition coefficient (Wildman–Crippen LogP) is 4.90. The summed E-state index contributed by atoms with van der Waals surface area (Å²) in [5.74, 6) is 0.160. The highest BCUT2D eigenvalue weighted by molar-refractivity contribution is 7.87. The Hall–Kier alpha value is -2.25. The second kappa shape index (κ2) is 9.80. The van der Waals surface area contributed by atoms with E-state index in [4.69, 9.17) is 15.8 Å². The summed E-state index contributed by atoms with van der Waals surface area (Å²) in [5, 5.41) is 3.48. The van der Waals surface area contributed by atoms with Crippen molar-refractivity contribution in [2.75, 3.05) is 11.1 Å². The molecule has 0 heterocycles. The average molecular weight is 425 g/mol. The molecule has 0 aliphatic heterocycles. The molecule has 28 heavy (non-hydrogen) atoms. The van der Waals surface area contributed by atoms with Gasteiger partial charge in [0.15, 0.2) is 0 Å². The zero-order valence-corrected chi connectivity index (χ0v) is 17.8. The molecule has 2 rings (SSSR count). The van der Waals surface area contributed by atoms with Crippen LogP contribution in [-0.2, 0) is 16.7 Å². The van der Waals surface area contributed by atoms with Gasteiger partial charge in [-0.25, -0.2) is 4.79 Å². The van der Waals surface area contributed by atoms with Crippen LogP contribution in [0.4, 0.5) is 10.5 Å². The summed E-state index contributed by atoms with van der Waals surface area (Å²) in [4.78, 5) is 14.5. The topological polar surface area (TPSA) is 75.7 Å². The first-order valence-electron chi connectivity index (χ1n) is 9.08. The molecule has 1 atom stereocenters. The minimum Gasteiger partial charge on any atom is -0.382 e. The number of halogens is 1. The molecule has 2 aromatic rings. The van der Waals surface area contributed by atoms with Gasteiger partial charge in [0.05, 0.1) is 5.75 Å². The molecule has 0 bridgehead atoms. The molecule has 2 amide bonds. The molecule has 1 N–H and O–H groups in total. The second-order valence-corrected chi connectivity index (χ2v) is 8.69. The van der Waals surface area contributed by atoms with Crippen LogP contribution in [0.3, 0.4) is 0 Å². The van der Waals surface area contributed by atoms with Crippen LogP contribution in [-0.4, -0.2) is 31.1 Å². The van der Waals surface area contributed by atoms with Gasteiger partial charge in [0.2, 0.25) is 0 Å². The van der Waals surface area contributed by atoms with Gasteiger partial charge >= 0.3 is 16.1 Å².